The molecule has 0 radical (unpaired) electrons. The van der Waals surface area contributed by atoms with Gasteiger partial charge in [0.2, 0.25) is 0 Å². The summed E-state index contributed by atoms with van der Waals surface area (Å²) in [6, 6.07) is 7.36. The van der Waals surface area contributed by atoms with E-state index < -0.39 is 0 Å². The van der Waals surface area contributed by atoms with Crippen molar-refractivity contribution in [3.63, 3.8) is 0 Å². The molecule has 0 heterocycles. The van der Waals surface area contributed by atoms with Crippen molar-refractivity contribution in [2.24, 2.45) is 0 Å². The lowest BCUT2D eigenvalue weighted by molar-refractivity contribution is 0.176. The van der Waals surface area contributed by atoms with E-state index in [0.717, 1.165) is 16.4 Å². The van der Waals surface area contributed by atoms with Crippen molar-refractivity contribution in [2.75, 3.05) is 4.43 Å². The molecule has 12 heavy (non-hydrogen) atoms. The molecule has 0 saturated heterocycles. The highest BCUT2D eigenvalue weighted by molar-refractivity contribution is 14.1. The predicted octanol–water partition coefficient (Wildman–Crippen LogP) is 3.20. The van der Waals surface area contributed by atoms with Crippen molar-refractivity contribution in [3.05, 3.63) is 34.9 Å². The second kappa shape index (κ2) is 5.04. The predicted molar refractivity (Wildman–Crippen MR) is 59.9 cm³/mol. The van der Waals surface area contributed by atoms with E-state index >= 15 is 0 Å². The molecule has 3 heteroatoms. The van der Waals surface area contributed by atoms with Crippen LogP contribution in [0.5, 0.6) is 0 Å². The average molecular weight is 297 g/mol. The summed E-state index contributed by atoms with van der Waals surface area (Å²) >= 11 is 8.02. The first-order valence-corrected chi connectivity index (χ1v) is 5.64. The van der Waals surface area contributed by atoms with Gasteiger partial charge in [0.1, 0.15) is 0 Å². The second-order valence-corrected chi connectivity index (χ2v) is 4.06. The van der Waals surface area contributed by atoms with Gasteiger partial charge in [-0.25, -0.2) is 0 Å². The van der Waals surface area contributed by atoms with Crippen molar-refractivity contribution in [3.8, 4) is 0 Å². The fourth-order valence-electron chi connectivity index (χ4n) is 0.984. The summed E-state index contributed by atoms with van der Waals surface area (Å²) < 4.78 is 0.950. The van der Waals surface area contributed by atoms with Crippen molar-refractivity contribution in [1.29, 1.82) is 0 Å². The Morgan fingerprint density at radius 1 is 1.50 bits per heavy atom. The number of hydrogen-bond acceptors (Lipinski definition) is 1. The molecule has 0 bridgehead atoms. The summed E-state index contributed by atoms with van der Waals surface area (Å²) in [7, 11) is 0. The van der Waals surface area contributed by atoms with Crippen LogP contribution in [0, 0.1) is 0 Å². The van der Waals surface area contributed by atoms with Gasteiger partial charge in [-0.1, -0.05) is 46.3 Å². The molecule has 1 aromatic rings. The average Bonchev–Trinajstić information content (AvgIpc) is 2.05. The Balaban J connectivity index is 2.73. The molecule has 66 valence electrons. The van der Waals surface area contributed by atoms with Gasteiger partial charge in [0.05, 0.1) is 6.10 Å². The molecule has 0 aliphatic heterocycles. The Kier molecular flexibility index (Phi) is 4.32. The SMILES string of the molecule is O[C@H](CCI)c1cccc(Cl)c1. The quantitative estimate of drug-likeness (QED) is 0.671. The Morgan fingerprint density at radius 3 is 2.83 bits per heavy atom. The largest absolute Gasteiger partial charge is 0.388 e. The summed E-state index contributed by atoms with van der Waals surface area (Å²) in [6.07, 6.45) is 0.404. The van der Waals surface area contributed by atoms with Crippen LogP contribution in [0.3, 0.4) is 0 Å². The van der Waals surface area contributed by atoms with Gasteiger partial charge in [-0.3, -0.25) is 0 Å². The molecule has 0 unspecified atom stereocenters. The Hall–Kier alpha value is 0.200. The van der Waals surface area contributed by atoms with Crippen LogP contribution < -0.4 is 0 Å². The number of benzene rings is 1. The second-order valence-electron chi connectivity index (χ2n) is 2.55. The topological polar surface area (TPSA) is 20.2 Å². The van der Waals surface area contributed by atoms with Crippen LogP contribution in [-0.2, 0) is 0 Å². The third-order valence-corrected chi connectivity index (χ3v) is 2.47. The van der Waals surface area contributed by atoms with Crippen molar-refractivity contribution in [1.82, 2.24) is 0 Å². The van der Waals surface area contributed by atoms with E-state index in [1.54, 1.807) is 6.07 Å². The molecule has 0 aromatic heterocycles. The summed E-state index contributed by atoms with van der Waals surface area (Å²) in [4.78, 5) is 0. The van der Waals surface area contributed by atoms with E-state index in [9.17, 15) is 5.11 Å². The Morgan fingerprint density at radius 2 is 2.25 bits per heavy atom. The molecule has 0 aliphatic carbocycles. The maximum absolute atomic E-state index is 9.58. The molecule has 1 atom stereocenters. The first-order chi connectivity index (χ1) is 5.74. The van der Waals surface area contributed by atoms with Gasteiger partial charge in [0.25, 0.3) is 0 Å². The van der Waals surface area contributed by atoms with Gasteiger partial charge >= 0.3 is 0 Å². The number of rotatable bonds is 3. The normalized spacial score (nSPS) is 12.9. The molecule has 0 saturated carbocycles. The monoisotopic (exact) mass is 296 g/mol. The van der Waals surface area contributed by atoms with Gasteiger partial charge < -0.3 is 5.11 Å². The van der Waals surface area contributed by atoms with Gasteiger partial charge in [-0.05, 0) is 24.1 Å². The molecule has 1 aromatic carbocycles. The van der Waals surface area contributed by atoms with Crippen molar-refractivity contribution >= 4 is 34.2 Å². The smallest absolute Gasteiger partial charge is 0.0797 e. The van der Waals surface area contributed by atoms with Crippen LogP contribution >= 0.6 is 34.2 Å². The summed E-state index contributed by atoms with van der Waals surface area (Å²) in [5.74, 6) is 0. The van der Waals surface area contributed by atoms with Gasteiger partial charge in [0.15, 0.2) is 0 Å². The maximum Gasteiger partial charge on any atom is 0.0797 e. The zero-order valence-electron chi connectivity index (χ0n) is 6.50. The molecule has 1 N–H and O–H groups in total. The first-order valence-electron chi connectivity index (χ1n) is 3.73. The number of halogens is 2. The lowest BCUT2D eigenvalue weighted by Crippen LogP contribution is -1.97. The summed E-state index contributed by atoms with van der Waals surface area (Å²) in [5, 5.41) is 10.3. The molecule has 0 fully saturated rings. The highest BCUT2D eigenvalue weighted by atomic mass is 127. The molecule has 1 nitrogen and oxygen atoms in total. The molecular weight excluding hydrogens is 286 g/mol. The van der Waals surface area contributed by atoms with Crippen LogP contribution in [0.25, 0.3) is 0 Å². The molecule has 0 aliphatic rings. The zero-order chi connectivity index (χ0) is 8.97. The van der Waals surface area contributed by atoms with E-state index in [-0.39, 0.29) is 6.10 Å². The number of alkyl halides is 1. The highest BCUT2D eigenvalue weighted by Gasteiger charge is 2.05. The molecule has 0 spiro atoms. The van der Waals surface area contributed by atoms with E-state index in [4.69, 9.17) is 11.6 Å². The van der Waals surface area contributed by atoms with Crippen molar-refractivity contribution < 1.29 is 5.11 Å². The Labute approximate surface area is 90.9 Å². The van der Waals surface area contributed by atoms with Crippen LogP contribution in [-0.4, -0.2) is 9.53 Å². The van der Waals surface area contributed by atoms with E-state index in [1.807, 2.05) is 18.2 Å². The van der Waals surface area contributed by atoms with Gasteiger partial charge in [-0.15, -0.1) is 0 Å². The lowest BCUT2D eigenvalue weighted by Gasteiger charge is -2.08. The molecular formula is C9H10ClIO. The zero-order valence-corrected chi connectivity index (χ0v) is 9.42. The number of aliphatic hydroxyl groups is 1. The highest BCUT2D eigenvalue weighted by Crippen LogP contribution is 2.20. The van der Waals surface area contributed by atoms with Crippen LogP contribution in [0.15, 0.2) is 24.3 Å². The summed E-state index contributed by atoms with van der Waals surface area (Å²) in [6.45, 7) is 0. The molecule has 0 amide bonds. The van der Waals surface area contributed by atoms with E-state index in [2.05, 4.69) is 22.6 Å². The van der Waals surface area contributed by atoms with E-state index in [1.165, 1.54) is 0 Å². The standard InChI is InChI=1S/C9H10ClIO/c10-8-3-1-2-7(6-8)9(12)4-5-11/h1-3,6,9,12H,4-5H2/t9-/m1/s1. The van der Waals surface area contributed by atoms with Crippen LogP contribution in [0.4, 0.5) is 0 Å². The molecule has 1 rings (SSSR count). The fraction of sp³-hybridized carbons (Fsp3) is 0.333. The minimum Gasteiger partial charge on any atom is -0.388 e. The van der Waals surface area contributed by atoms with E-state index in [0.29, 0.717) is 5.02 Å². The fourth-order valence-corrected chi connectivity index (χ4v) is 1.77. The van der Waals surface area contributed by atoms with Gasteiger partial charge in [-0.2, -0.15) is 0 Å². The number of aliphatic hydroxyl groups excluding tert-OH is 1. The van der Waals surface area contributed by atoms with Crippen molar-refractivity contribution in [2.45, 2.75) is 12.5 Å². The minimum atomic E-state index is -0.374. The first kappa shape index (κ1) is 10.3. The van der Waals surface area contributed by atoms with Crippen LogP contribution in [0.1, 0.15) is 18.1 Å². The maximum atomic E-state index is 9.58. The minimum absolute atomic E-state index is 0.374. The third kappa shape index (κ3) is 2.92. The third-order valence-electron chi connectivity index (χ3n) is 1.62. The number of hydrogen-bond donors (Lipinski definition) is 1. The lowest BCUT2D eigenvalue weighted by atomic mass is 10.1. The Bertz CT molecular complexity index is 252. The summed E-state index contributed by atoms with van der Waals surface area (Å²) in [5.41, 5.74) is 0.902. The van der Waals surface area contributed by atoms with Gasteiger partial charge in [0, 0.05) is 9.45 Å². The van der Waals surface area contributed by atoms with Crippen LogP contribution in [0.2, 0.25) is 5.02 Å².